The van der Waals surface area contributed by atoms with Crippen molar-refractivity contribution in [1.29, 1.82) is 0 Å². The SMILES string of the molecule is CCCN(C(=O)CNc1c(C)cccc1C)C1CCNC1. The molecular formula is C17H27N3O. The summed E-state index contributed by atoms with van der Waals surface area (Å²) in [6.45, 7) is 9.44. The zero-order valence-corrected chi connectivity index (χ0v) is 13.4. The molecule has 1 aliphatic rings. The minimum absolute atomic E-state index is 0.202. The molecule has 4 heteroatoms. The molecule has 21 heavy (non-hydrogen) atoms. The third-order valence-corrected chi connectivity index (χ3v) is 4.16. The normalized spacial score (nSPS) is 17.8. The molecule has 0 saturated carbocycles. The highest BCUT2D eigenvalue weighted by Gasteiger charge is 2.25. The van der Waals surface area contributed by atoms with Crippen LogP contribution in [-0.2, 0) is 4.79 Å². The van der Waals surface area contributed by atoms with Crippen LogP contribution in [0.15, 0.2) is 18.2 Å². The van der Waals surface area contributed by atoms with Crippen LogP contribution in [0.1, 0.15) is 30.9 Å². The van der Waals surface area contributed by atoms with Gasteiger partial charge in [0.1, 0.15) is 0 Å². The first-order valence-corrected chi connectivity index (χ1v) is 7.93. The zero-order chi connectivity index (χ0) is 15.2. The molecule has 1 saturated heterocycles. The fraction of sp³-hybridized carbons (Fsp3) is 0.588. The molecule has 2 N–H and O–H groups in total. The number of carbonyl (C=O) groups excluding carboxylic acids is 1. The Kier molecular flexibility index (Phi) is 5.62. The number of rotatable bonds is 6. The summed E-state index contributed by atoms with van der Waals surface area (Å²) >= 11 is 0. The van der Waals surface area contributed by atoms with Crippen LogP contribution in [0.2, 0.25) is 0 Å². The van der Waals surface area contributed by atoms with E-state index in [1.165, 1.54) is 11.1 Å². The number of nitrogens with one attached hydrogen (secondary N) is 2. The molecule has 0 radical (unpaired) electrons. The zero-order valence-electron chi connectivity index (χ0n) is 13.4. The van der Waals surface area contributed by atoms with E-state index in [-0.39, 0.29) is 5.91 Å². The average Bonchev–Trinajstić information content (AvgIpc) is 2.97. The number of hydrogen-bond acceptors (Lipinski definition) is 3. The highest BCUT2D eigenvalue weighted by molar-refractivity contribution is 5.81. The Morgan fingerprint density at radius 1 is 1.38 bits per heavy atom. The maximum absolute atomic E-state index is 12.6. The first-order valence-electron chi connectivity index (χ1n) is 7.93. The molecule has 1 aliphatic heterocycles. The molecular weight excluding hydrogens is 262 g/mol. The van der Waals surface area contributed by atoms with Gasteiger partial charge in [0.2, 0.25) is 5.91 Å². The Labute approximate surface area is 127 Å². The van der Waals surface area contributed by atoms with E-state index in [1.54, 1.807) is 0 Å². The third kappa shape index (κ3) is 3.97. The predicted octanol–water partition coefficient (Wildman–Crippen LogP) is 2.32. The van der Waals surface area contributed by atoms with Crippen LogP contribution >= 0.6 is 0 Å². The molecule has 1 fully saturated rings. The lowest BCUT2D eigenvalue weighted by Gasteiger charge is -2.28. The van der Waals surface area contributed by atoms with Gasteiger partial charge in [0.25, 0.3) is 0 Å². The minimum atomic E-state index is 0.202. The van der Waals surface area contributed by atoms with E-state index in [9.17, 15) is 4.79 Å². The molecule has 4 nitrogen and oxygen atoms in total. The number of benzene rings is 1. The highest BCUT2D eigenvalue weighted by atomic mass is 16.2. The molecule has 116 valence electrons. The molecule has 0 aliphatic carbocycles. The van der Waals surface area contributed by atoms with Gasteiger partial charge >= 0.3 is 0 Å². The smallest absolute Gasteiger partial charge is 0.242 e. The van der Waals surface area contributed by atoms with Crippen LogP contribution in [0, 0.1) is 13.8 Å². The van der Waals surface area contributed by atoms with Crippen LogP contribution in [-0.4, -0.2) is 43.0 Å². The van der Waals surface area contributed by atoms with Crippen molar-refractivity contribution in [3.8, 4) is 0 Å². The van der Waals surface area contributed by atoms with Gasteiger partial charge in [0.05, 0.1) is 6.54 Å². The number of aryl methyl sites for hydroxylation is 2. The van der Waals surface area contributed by atoms with Crippen molar-refractivity contribution in [2.45, 2.75) is 39.7 Å². The molecule has 1 atom stereocenters. The van der Waals surface area contributed by atoms with Crippen LogP contribution in [0.5, 0.6) is 0 Å². The quantitative estimate of drug-likeness (QED) is 0.845. The van der Waals surface area contributed by atoms with Gasteiger partial charge in [-0.3, -0.25) is 4.79 Å². The monoisotopic (exact) mass is 289 g/mol. The van der Waals surface area contributed by atoms with E-state index in [4.69, 9.17) is 0 Å². The third-order valence-electron chi connectivity index (χ3n) is 4.16. The molecule has 2 rings (SSSR count). The Morgan fingerprint density at radius 3 is 2.67 bits per heavy atom. The van der Waals surface area contributed by atoms with Gasteiger partial charge in [-0.2, -0.15) is 0 Å². The Morgan fingerprint density at radius 2 is 2.10 bits per heavy atom. The predicted molar refractivity (Wildman–Crippen MR) is 87.7 cm³/mol. The molecule has 0 spiro atoms. The number of para-hydroxylation sites is 1. The standard InChI is InChI=1S/C17H27N3O/c1-4-10-20(15-8-9-18-11-15)16(21)12-19-17-13(2)6-5-7-14(17)3/h5-7,15,18-19H,4,8-12H2,1-3H3. The van der Waals surface area contributed by atoms with Gasteiger partial charge < -0.3 is 15.5 Å². The lowest BCUT2D eigenvalue weighted by atomic mass is 10.1. The van der Waals surface area contributed by atoms with Crippen molar-refractivity contribution in [1.82, 2.24) is 10.2 Å². The topological polar surface area (TPSA) is 44.4 Å². The van der Waals surface area contributed by atoms with E-state index in [0.29, 0.717) is 12.6 Å². The summed E-state index contributed by atoms with van der Waals surface area (Å²) in [6, 6.07) is 6.55. The fourth-order valence-electron chi connectivity index (χ4n) is 3.02. The van der Waals surface area contributed by atoms with Crippen LogP contribution in [0.4, 0.5) is 5.69 Å². The largest absolute Gasteiger partial charge is 0.376 e. The van der Waals surface area contributed by atoms with E-state index in [2.05, 4.69) is 43.5 Å². The molecule has 1 heterocycles. The van der Waals surface area contributed by atoms with Crippen molar-refractivity contribution in [3.05, 3.63) is 29.3 Å². The lowest BCUT2D eigenvalue weighted by Crippen LogP contribution is -2.44. The Hall–Kier alpha value is -1.55. The van der Waals surface area contributed by atoms with Gasteiger partial charge in [-0.05, 0) is 44.4 Å². The van der Waals surface area contributed by atoms with E-state index in [0.717, 1.165) is 38.2 Å². The van der Waals surface area contributed by atoms with Crippen LogP contribution in [0.3, 0.4) is 0 Å². The maximum atomic E-state index is 12.6. The first kappa shape index (κ1) is 15.8. The second-order valence-electron chi connectivity index (χ2n) is 5.85. The molecule has 1 amide bonds. The van der Waals surface area contributed by atoms with E-state index in [1.807, 2.05) is 11.0 Å². The van der Waals surface area contributed by atoms with Crippen LogP contribution in [0.25, 0.3) is 0 Å². The number of nitrogens with zero attached hydrogens (tertiary/aromatic N) is 1. The van der Waals surface area contributed by atoms with Gasteiger partial charge in [0, 0.05) is 24.8 Å². The lowest BCUT2D eigenvalue weighted by molar-refractivity contribution is -0.131. The molecule has 1 aromatic carbocycles. The summed E-state index contributed by atoms with van der Waals surface area (Å²) in [5, 5.41) is 6.68. The maximum Gasteiger partial charge on any atom is 0.242 e. The van der Waals surface area contributed by atoms with Gasteiger partial charge in [-0.1, -0.05) is 25.1 Å². The van der Waals surface area contributed by atoms with E-state index >= 15 is 0 Å². The number of hydrogen-bond donors (Lipinski definition) is 2. The van der Waals surface area contributed by atoms with Gasteiger partial charge in [-0.25, -0.2) is 0 Å². The number of amides is 1. The summed E-state index contributed by atoms with van der Waals surface area (Å²) < 4.78 is 0. The molecule has 0 bridgehead atoms. The van der Waals surface area contributed by atoms with Crippen molar-refractivity contribution >= 4 is 11.6 Å². The summed E-state index contributed by atoms with van der Waals surface area (Å²) in [4.78, 5) is 14.6. The summed E-state index contributed by atoms with van der Waals surface area (Å²) in [5.74, 6) is 0.202. The minimum Gasteiger partial charge on any atom is -0.376 e. The second kappa shape index (κ2) is 7.46. The van der Waals surface area contributed by atoms with Crippen molar-refractivity contribution in [2.75, 3.05) is 31.5 Å². The number of carbonyl (C=O) groups is 1. The van der Waals surface area contributed by atoms with Gasteiger partial charge in [0.15, 0.2) is 0 Å². The Bertz CT molecular complexity index is 461. The molecule has 0 aromatic heterocycles. The number of anilines is 1. The summed E-state index contributed by atoms with van der Waals surface area (Å²) in [5.41, 5.74) is 3.46. The molecule has 1 aromatic rings. The highest BCUT2D eigenvalue weighted by Crippen LogP contribution is 2.19. The van der Waals surface area contributed by atoms with Crippen molar-refractivity contribution in [3.63, 3.8) is 0 Å². The summed E-state index contributed by atoms with van der Waals surface area (Å²) in [7, 11) is 0. The van der Waals surface area contributed by atoms with Crippen molar-refractivity contribution in [2.24, 2.45) is 0 Å². The van der Waals surface area contributed by atoms with Crippen LogP contribution < -0.4 is 10.6 Å². The average molecular weight is 289 g/mol. The summed E-state index contributed by atoms with van der Waals surface area (Å²) in [6.07, 6.45) is 2.07. The van der Waals surface area contributed by atoms with Gasteiger partial charge in [-0.15, -0.1) is 0 Å². The van der Waals surface area contributed by atoms with Crippen molar-refractivity contribution < 1.29 is 4.79 Å². The first-order chi connectivity index (χ1) is 10.1. The molecule has 1 unspecified atom stereocenters. The Balaban J connectivity index is 1.98. The van der Waals surface area contributed by atoms with E-state index < -0.39 is 0 Å². The second-order valence-corrected chi connectivity index (χ2v) is 5.85. The fourth-order valence-corrected chi connectivity index (χ4v) is 3.02.